The van der Waals surface area contributed by atoms with Crippen LogP contribution in [0.2, 0.25) is 0 Å². The molecule has 0 aliphatic heterocycles. The highest BCUT2D eigenvalue weighted by Crippen LogP contribution is 2.11. The molecule has 0 N–H and O–H groups in total. The summed E-state index contributed by atoms with van der Waals surface area (Å²) < 4.78 is 10.3. The molecule has 0 spiro atoms. The van der Waals surface area contributed by atoms with E-state index < -0.39 is 6.16 Å². The van der Waals surface area contributed by atoms with E-state index in [1.807, 2.05) is 0 Å². The first-order valence-electron chi connectivity index (χ1n) is 13.3. The van der Waals surface area contributed by atoms with E-state index in [2.05, 4.69) is 26.0 Å². The van der Waals surface area contributed by atoms with Gasteiger partial charge in [-0.25, -0.2) is 4.79 Å². The summed E-state index contributed by atoms with van der Waals surface area (Å²) >= 11 is 0. The van der Waals surface area contributed by atoms with Crippen molar-refractivity contribution in [2.45, 2.75) is 142 Å². The van der Waals surface area contributed by atoms with Crippen molar-refractivity contribution in [3.05, 3.63) is 12.2 Å². The van der Waals surface area contributed by atoms with Crippen LogP contribution in [-0.2, 0) is 9.47 Å². The Kier molecular flexibility index (Phi) is 25.2. The van der Waals surface area contributed by atoms with Crippen molar-refractivity contribution in [3.63, 3.8) is 0 Å². The SMILES string of the molecule is CCCC/C=C\CCCCCCCCOC(=O)OCCCCCCCCCCCC. The van der Waals surface area contributed by atoms with Gasteiger partial charge in [-0.15, -0.1) is 0 Å². The molecule has 0 fully saturated rings. The first-order chi connectivity index (χ1) is 14.8. The molecule has 0 aliphatic carbocycles. The van der Waals surface area contributed by atoms with E-state index in [4.69, 9.17) is 9.47 Å². The smallest absolute Gasteiger partial charge is 0.434 e. The van der Waals surface area contributed by atoms with Gasteiger partial charge in [0.2, 0.25) is 0 Å². The lowest BCUT2D eigenvalue weighted by Gasteiger charge is -2.06. The minimum atomic E-state index is -0.485. The second-order valence-electron chi connectivity index (χ2n) is 8.65. The number of hydrogen-bond acceptors (Lipinski definition) is 3. The Morgan fingerprint density at radius 2 is 0.867 bits per heavy atom. The van der Waals surface area contributed by atoms with Gasteiger partial charge in [0, 0.05) is 0 Å². The molecular weight excluding hydrogens is 372 g/mol. The predicted octanol–water partition coefficient (Wildman–Crippen LogP) is 9.54. The van der Waals surface area contributed by atoms with Gasteiger partial charge in [0.1, 0.15) is 0 Å². The van der Waals surface area contributed by atoms with Crippen LogP contribution in [0.5, 0.6) is 0 Å². The van der Waals surface area contributed by atoms with Gasteiger partial charge in [-0.2, -0.15) is 0 Å². The maximum Gasteiger partial charge on any atom is 0.508 e. The van der Waals surface area contributed by atoms with E-state index >= 15 is 0 Å². The fourth-order valence-electron chi connectivity index (χ4n) is 3.57. The first-order valence-corrected chi connectivity index (χ1v) is 13.3. The molecule has 0 saturated heterocycles. The summed E-state index contributed by atoms with van der Waals surface area (Å²) in [5.41, 5.74) is 0. The first kappa shape index (κ1) is 29.0. The third-order valence-corrected chi connectivity index (χ3v) is 5.59. The molecule has 0 aromatic rings. The molecule has 0 atom stereocenters. The van der Waals surface area contributed by atoms with E-state index in [0.29, 0.717) is 13.2 Å². The van der Waals surface area contributed by atoms with Gasteiger partial charge < -0.3 is 9.47 Å². The Bertz CT molecular complexity index is 365. The van der Waals surface area contributed by atoms with E-state index in [1.165, 1.54) is 103 Å². The van der Waals surface area contributed by atoms with Crippen LogP contribution < -0.4 is 0 Å². The standard InChI is InChI=1S/C27H52O3/c1-3-5-7-9-11-13-15-16-18-20-22-24-26-30-27(28)29-25-23-21-19-17-14-12-10-8-6-4-2/h9,11H,3-8,10,12-26H2,1-2H3/b11-9-. The van der Waals surface area contributed by atoms with Crippen molar-refractivity contribution >= 4 is 6.16 Å². The molecule has 0 rings (SSSR count). The molecule has 3 heteroatoms. The molecule has 0 heterocycles. The Balaban J connectivity index is 3.18. The van der Waals surface area contributed by atoms with Crippen LogP contribution in [0.15, 0.2) is 12.2 Å². The fraction of sp³-hybridized carbons (Fsp3) is 0.889. The summed E-state index contributed by atoms with van der Waals surface area (Å²) in [5.74, 6) is 0. The average molecular weight is 425 g/mol. The van der Waals surface area contributed by atoms with Gasteiger partial charge in [0.15, 0.2) is 0 Å². The van der Waals surface area contributed by atoms with Crippen LogP contribution in [0.4, 0.5) is 4.79 Å². The van der Waals surface area contributed by atoms with Crippen LogP contribution in [0, 0.1) is 0 Å². The van der Waals surface area contributed by atoms with E-state index in [9.17, 15) is 4.79 Å². The highest BCUT2D eigenvalue weighted by Gasteiger charge is 2.03. The fourth-order valence-corrected chi connectivity index (χ4v) is 3.57. The van der Waals surface area contributed by atoms with E-state index in [1.54, 1.807) is 0 Å². The number of allylic oxidation sites excluding steroid dienone is 2. The Morgan fingerprint density at radius 1 is 0.500 bits per heavy atom. The summed E-state index contributed by atoms with van der Waals surface area (Å²) in [7, 11) is 0. The van der Waals surface area contributed by atoms with Gasteiger partial charge in [-0.3, -0.25) is 0 Å². The predicted molar refractivity (Wildman–Crippen MR) is 130 cm³/mol. The maximum atomic E-state index is 11.6. The molecule has 0 radical (unpaired) electrons. The zero-order valence-electron chi connectivity index (χ0n) is 20.4. The van der Waals surface area contributed by atoms with Gasteiger partial charge in [-0.05, 0) is 32.1 Å². The summed E-state index contributed by atoms with van der Waals surface area (Å²) in [4.78, 5) is 11.6. The van der Waals surface area contributed by atoms with Crippen LogP contribution in [0.1, 0.15) is 142 Å². The molecule has 30 heavy (non-hydrogen) atoms. The van der Waals surface area contributed by atoms with E-state index in [-0.39, 0.29) is 0 Å². The highest BCUT2D eigenvalue weighted by atomic mass is 16.7. The molecule has 0 aromatic heterocycles. The van der Waals surface area contributed by atoms with Crippen molar-refractivity contribution in [2.24, 2.45) is 0 Å². The largest absolute Gasteiger partial charge is 0.508 e. The summed E-state index contributed by atoms with van der Waals surface area (Å²) in [6, 6.07) is 0. The number of unbranched alkanes of at least 4 members (excludes halogenated alkanes) is 17. The summed E-state index contributed by atoms with van der Waals surface area (Å²) in [5, 5.41) is 0. The van der Waals surface area contributed by atoms with E-state index in [0.717, 1.165) is 25.7 Å². The monoisotopic (exact) mass is 424 g/mol. The number of rotatable bonds is 23. The minimum absolute atomic E-state index is 0.485. The molecule has 0 aliphatic rings. The minimum Gasteiger partial charge on any atom is -0.434 e. The lowest BCUT2D eigenvalue weighted by molar-refractivity contribution is 0.0529. The van der Waals surface area contributed by atoms with Gasteiger partial charge in [-0.1, -0.05) is 122 Å². The molecule has 0 bridgehead atoms. The van der Waals surface area contributed by atoms with Gasteiger partial charge >= 0.3 is 6.16 Å². The zero-order chi connectivity index (χ0) is 22.0. The van der Waals surface area contributed by atoms with Gasteiger partial charge in [0.05, 0.1) is 13.2 Å². The van der Waals surface area contributed by atoms with Crippen molar-refractivity contribution in [3.8, 4) is 0 Å². The zero-order valence-corrected chi connectivity index (χ0v) is 20.4. The number of carbonyl (C=O) groups excluding carboxylic acids is 1. The van der Waals surface area contributed by atoms with Crippen molar-refractivity contribution in [1.82, 2.24) is 0 Å². The van der Waals surface area contributed by atoms with Crippen LogP contribution in [-0.4, -0.2) is 19.4 Å². The second kappa shape index (κ2) is 26.0. The van der Waals surface area contributed by atoms with Crippen LogP contribution >= 0.6 is 0 Å². The number of ether oxygens (including phenoxy) is 2. The maximum absolute atomic E-state index is 11.6. The summed E-state index contributed by atoms with van der Waals surface area (Å²) in [6.07, 6.45) is 29.3. The molecule has 0 saturated carbocycles. The average Bonchev–Trinajstić information content (AvgIpc) is 2.75. The third-order valence-electron chi connectivity index (χ3n) is 5.59. The normalized spacial score (nSPS) is 11.3. The van der Waals surface area contributed by atoms with Crippen LogP contribution in [0.3, 0.4) is 0 Å². The Morgan fingerprint density at radius 3 is 1.33 bits per heavy atom. The number of hydrogen-bond donors (Lipinski definition) is 0. The van der Waals surface area contributed by atoms with Crippen molar-refractivity contribution in [1.29, 1.82) is 0 Å². The Labute approximate surface area is 188 Å². The third kappa shape index (κ3) is 25.0. The molecule has 3 nitrogen and oxygen atoms in total. The van der Waals surface area contributed by atoms with Crippen molar-refractivity contribution in [2.75, 3.05) is 13.2 Å². The second-order valence-corrected chi connectivity index (χ2v) is 8.65. The molecular formula is C27H52O3. The molecule has 0 unspecified atom stereocenters. The van der Waals surface area contributed by atoms with Crippen LogP contribution in [0.25, 0.3) is 0 Å². The molecule has 178 valence electrons. The highest BCUT2D eigenvalue weighted by molar-refractivity contribution is 5.59. The topological polar surface area (TPSA) is 35.5 Å². The van der Waals surface area contributed by atoms with Gasteiger partial charge in [0.25, 0.3) is 0 Å². The lowest BCUT2D eigenvalue weighted by atomic mass is 10.1. The molecule has 0 aromatic carbocycles. The van der Waals surface area contributed by atoms with Crippen molar-refractivity contribution < 1.29 is 14.3 Å². The summed E-state index contributed by atoms with van der Waals surface area (Å²) in [6.45, 7) is 5.50. The lowest BCUT2D eigenvalue weighted by Crippen LogP contribution is -2.09. The number of carbonyl (C=O) groups is 1. The quantitative estimate of drug-likeness (QED) is 0.0930. The molecule has 0 amide bonds. The Hall–Kier alpha value is -0.990.